The lowest BCUT2D eigenvalue weighted by Crippen LogP contribution is -2.38. The second-order valence-corrected chi connectivity index (χ2v) is 3.93. The highest BCUT2D eigenvalue weighted by molar-refractivity contribution is 6.30. The van der Waals surface area contributed by atoms with Crippen LogP contribution < -0.4 is 15.4 Å². The Labute approximate surface area is 114 Å². The van der Waals surface area contributed by atoms with Gasteiger partial charge >= 0.3 is 12.0 Å². The number of carboxylic acid groups (broad SMARTS) is 1. The number of nitrogens with one attached hydrogen (secondary N) is 2. The lowest BCUT2D eigenvalue weighted by molar-refractivity contribution is -0.136. The molecule has 7 nitrogen and oxygen atoms in total. The second kappa shape index (κ2) is 8.15. The van der Waals surface area contributed by atoms with Gasteiger partial charge in [0.25, 0.3) is 0 Å². The number of pyridine rings is 1. The van der Waals surface area contributed by atoms with Crippen LogP contribution in [0.3, 0.4) is 0 Å². The molecule has 0 saturated heterocycles. The number of carboxylic acids is 1. The van der Waals surface area contributed by atoms with E-state index in [1.54, 1.807) is 12.1 Å². The topological polar surface area (TPSA) is 101 Å². The molecule has 8 heteroatoms. The SMILES string of the molecule is O=C(O)CCNC(=O)NCCOc1ccc(Cl)cn1. The van der Waals surface area contributed by atoms with Gasteiger partial charge in [-0.2, -0.15) is 0 Å². The van der Waals surface area contributed by atoms with Crippen LogP contribution in [0.5, 0.6) is 5.88 Å². The molecule has 19 heavy (non-hydrogen) atoms. The minimum absolute atomic E-state index is 0.0841. The summed E-state index contributed by atoms with van der Waals surface area (Å²) in [6.45, 7) is 0.616. The summed E-state index contributed by atoms with van der Waals surface area (Å²) < 4.78 is 5.25. The third-order valence-corrected chi connectivity index (χ3v) is 2.19. The highest BCUT2D eigenvalue weighted by Crippen LogP contribution is 2.10. The molecule has 1 aromatic rings. The number of amides is 2. The lowest BCUT2D eigenvalue weighted by atomic mass is 10.4. The van der Waals surface area contributed by atoms with Gasteiger partial charge in [0.05, 0.1) is 18.0 Å². The van der Waals surface area contributed by atoms with Gasteiger partial charge < -0.3 is 20.5 Å². The first-order valence-electron chi connectivity index (χ1n) is 5.56. The van der Waals surface area contributed by atoms with Crippen LogP contribution in [0.4, 0.5) is 4.79 Å². The van der Waals surface area contributed by atoms with E-state index >= 15 is 0 Å². The fraction of sp³-hybridized carbons (Fsp3) is 0.364. The standard InChI is InChI=1S/C11H14ClN3O4/c12-8-1-2-9(15-7-8)19-6-5-14-11(18)13-4-3-10(16)17/h1-2,7H,3-6H2,(H,16,17)(H2,13,14,18). The Bertz CT molecular complexity index is 424. The van der Waals surface area contributed by atoms with Gasteiger partial charge in [0.1, 0.15) is 6.61 Å². The number of nitrogens with zero attached hydrogens (tertiary/aromatic N) is 1. The zero-order valence-electron chi connectivity index (χ0n) is 10.1. The Morgan fingerprint density at radius 2 is 2.05 bits per heavy atom. The van der Waals surface area contributed by atoms with Crippen molar-refractivity contribution in [3.05, 3.63) is 23.4 Å². The van der Waals surface area contributed by atoms with E-state index in [1.807, 2.05) is 0 Å². The molecule has 1 rings (SSSR count). The number of rotatable bonds is 7. The molecule has 0 atom stereocenters. The Hall–Kier alpha value is -2.02. The molecule has 0 aliphatic heterocycles. The monoisotopic (exact) mass is 287 g/mol. The van der Waals surface area contributed by atoms with Crippen molar-refractivity contribution >= 4 is 23.6 Å². The molecule has 0 spiro atoms. The van der Waals surface area contributed by atoms with E-state index in [2.05, 4.69) is 15.6 Å². The van der Waals surface area contributed by atoms with Crippen molar-refractivity contribution in [3.8, 4) is 5.88 Å². The van der Waals surface area contributed by atoms with E-state index in [0.717, 1.165) is 0 Å². The molecule has 3 N–H and O–H groups in total. The van der Waals surface area contributed by atoms with Crippen molar-refractivity contribution in [1.29, 1.82) is 0 Å². The maximum Gasteiger partial charge on any atom is 0.314 e. The predicted octanol–water partition coefficient (Wildman–Crippen LogP) is 0.888. The third kappa shape index (κ3) is 7.10. The summed E-state index contributed by atoms with van der Waals surface area (Å²) in [6.07, 6.45) is 1.35. The molecule has 2 amide bonds. The predicted molar refractivity (Wildman–Crippen MR) is 68.4 cm³/mol. The van der Waals surface area contributed by atoms with Gasteiger partial charge in [-0.25, -0.2) is 9.78 Å². The molecule has 0 radical (unpaired) electrons. The molecule has 0 aliphatic carbocycles. The van der Waals surface area contributed by atoms with Crippen molar-refractivity contribution in [3.63, 3.8) is 0 Å². The summed E-state index contributed by atoms with van der Waals surface area (Å²) in [4.78, 5) is 25.3. The summed E-state index contributed by atoms with van der Waals surface area (Å²) >= 11 is 5.66. The molecule has 1 heterocycles. The second-order valence-electron chi connectivity index (χ2n) is 3.49. The lowest BCUT2D eigenvalue weighted by Gasteiger charge is -2.07. The Balaban J connectivity index is 2.08. The van der Waals surface area contributed by atoms with Gasteiger partial charge in [0.15, 0.2) is 0 Å². The molecule has 0 saturated carbocycles. The summed E-state index contributed by atoms with van der Waals surface area (Å²) in [5.41, 5.74) is 0. The molecule has 0 bridgehead atoms. The molecular weight excluding hydrogens is 274 g/mol. The largest absolute Gasteiger partial charge is 0.481 e. The number of urea groups is 1. The average molecular weight is 288 g/mol. The van der Waals surface area contributed by atoms with Crippen LogP contribution in [0, 0.1) is 0 Å². The molecule has 0 fully saturated rings. The Morgan fingerprint density at radius 1 is 1.32 bits per heavy atom. The third-order valence-electron chi connectivity index (χ3n) is 1.96. The highest BCUT2D eigenvalue weighted by Gasteiger charge is 2.01. The number of carbonyl (C=O) groups excluding carboxylic acids is 1. The normalized spacial score (nSPS) is 9.74. The van der Waals surface area contributed by atoms with Gasteiger partial charge in [-0.15, -0.1) is 0 Å². The summed E-state index contributed by atoms with van der Waals surface area (Å²) in [5, 5.41) is 13.8. The summed E-state index contributed by atoms with van der Waals surface area (Å²) in [7, 11) is 0. The molecule has 1 aromatic heterocycles. The first-order chi connectivity index (χ1) is 9.08. The van der Waals surface area contributed by atoms with Crippen molar-refractivity contribution in [2.75, 3.05) is 19.7 Å². The van der Waals surface area contributed by atoms with Crippen LogP contribution >= 0.6 is 11.6 Å². The smallest absolute Gasteiger partial charge is 0.314 e. The van der Waals surface area contributed by atoms with Crippen LogP contribution in [-0.2, 0) is 4.79 Å². The van der Waals surface area contributed by atoms with E-state index in [1.165, 1.54) is 6.20 Å². The number of ether oxygens (including phenoxy) is 1. The molecule has 104 valence electrons. The Kier molecular flexibility index (Phi) is 6.45. The van der Waals surface area contributed by atoms with E-state index in [4.69, 9.17) is 21.4 Å². The average Bonchev–Trinajstić information content (AvgIpc) is 2.36. The minimum Gasteiger partial charge on any atom is -0.481 e. The number of aliphatic carboxylic acids is 1. The van der Waals surface area contributed by atoms with E-state index in [9.17, 15) is 9.59 Å². The maximum absolute atomic E-state index is 11.2. The fourth-order valence-corrected chi connectivity index (χ4v) is 1.23. The van der Waals surface area contributed by atoms with E-state index < -0.39 is 12.0 Å². The van der Waals surface area contributed by atoms with Crippen LogP contribution in [0.2, 0.25) is 5.02 Å². The molecule has 0 aromatic carbocycles. The van der Waals surface area contributed by atoms with E-state index in [-0.39, 0.29) is 26.1 Å². The van der Waals surface area contributed by atoms with Gasteiger partial charge in [0.2, 0.25) is 5.88 Å². The van der Waals surface area contributed by atoms with Crippen molar-refractivity contribution < 1.29 is 19.4 Å². The highest BCUT2D eigenvalue weighted by atomic mass is 35.5. The van der Waals surface area contributed by atoms with Crippen LogP contribution in [0.1, 0.15) is 6.42 Å². The number of carbonyl (C=O) groups is 2. The van der Waals surface area contributed by atoms with Crippen molar-refractivity contribution in [1.82, 2.24) is 15.6 Å². The van der Waals surface area contributed by atoms with Gasteiger partial charge in [-0.3, -0.25) is 4.79 Å². The number of halogens is 1. The van der Waals surface area contributed by atoms with Crippen LogP contribution in [0.15, 0.2) is 18.3 Å². The molecule has 0 aliphatic rings. The fourth-order valence-electron chi connectivity index (χ4n) is 1.11. The van der Waals surface area contributed by atoms with Crippen LogP contribution in [-0.4, -0.2) is 41.8 Å². The number of aromatic nitrogens is 1. The van der Waals surface area contributed by atoms with Crippen molar-refractivity contribution in [2.24, 2.45) is 0 Å². The minimum atomic E-state index is -0.961. The maximum atomic E-state index is 11.2. The number of hydrogen-bond donors (Lipinski definition) is 3. The van der Waals surface area contributed by atoms with Gasteiger partial charge in [-0.1, -0.05) is 11.6 Å². The van der Waals surface area contributed by atoms with Crippen LogP contribution in [0.25, 0.3) is 0 Å². The zero-order valence-corrected chi connectivity index (χ0v) is 10.8. The zero-order chi connectivity index (χ0) is 14.1. The number of hydrogen-bond acceptors (Lipinski definition) is 4. The Morgan fingerprint density at radius 3 is 2.68 bits per heavy atom. The van der Waals surface area contributed by atoms with E-state index in [0.29, 0.717) is 10.9 Å². The first kappa shape index (κ1) is 15.0. The molecule has 0 unspecified atom stereocenters. The molecular formula is C11H14ClN3O4. The summed E-state index contributed by atoms with van der Waals surface area (Å²) in [6, 6.07) is 2.83. The first-order valence-corrected chi connectivity index (χ1v) is 5.93. The van der Waals surface area contributed by atoms with Gasteiger partial charge in [-0.05, 0) is 6.07 Å². The van der Waals surface area contributed by atoms with Crippen molar-refractivity contribution in [2.45, 2.75) is 6.42 Å². The summed E-state index contributed by atoms with van der Waals surface area (Å²) in [5.74, 6) is -0.546. The van der Waals surface area contributed by atoms with Gasteiger partial charge in [0, 0.05) is 18.8 Å². The quantitative estimate of drug-likeness (QED) is 0.647.